The SMILES string of the molecule is CC(C)(C)OC(=O)N1CC=C(c2cn(COCC[Si](C)(C)C)c3ncc(N4CCC(F)(F)CC4)nc23)CC1. The van der Waals surface area contributed by atoms with E-state index in [1.165, 1.54) is 0 Å². The van der Waals surface area contributed by atoms with E-state index >= 15 is 0 Å². The van der Waals surface area contributed by atoms with E-state index in [0.717, 1.165) is 22.7 Å². The van der Waals surface area contributed by atoms with Gasteiger partial charge in [0.25, 0.3) is 5.92 Å². The molecule has 2 aliphatic rings. The Balaban J connectivity index is 1.59. The number of rotatable bonds is 7. The number of halogens is 2. The third-order valence-electron chi connectivity index (χ3n) is 6.81. The minimum absolute atomic E-state index is 0.183. The van der Waals surface area contributed by atoms with Crippen molar-refractivity contribution in [1.29, 1.82) is 0 Å². The van der Waals surface area contributed by atoms with E-state index in [1.54, 1.807) is 11.1 Å². The standard InChI is InChI=1S/C27H41F2N5O3Si/c1-26(2,3)37-25(35)33-11-7-20(8-12-33)21-18-34(19-36-15-16-38(4,5)6)24-23(21)31-22(17-30-24)32-13-9-27(28,29)10-14-32/h7,17-18H,8-16,19H2,1-6H3. The number of piperidine rings is 1. The number of hydrogen-bond acceptors (Lipinski definition) is 6. The summed E-state index contributed by atoms with van der Waals surface area (Å²) in [5, 5.41) is 0. The number of anilines is 1. The zero-order valence-electron chi connectivity index (χ0n) is 23.5. The van der Waals surface area contributed by atoms with Gasteiger partial charge in [0.05, 0.1) is 6.20 Å². The van der Waals surface area contributed by atoms with Crippen LogP contribution in [0, 0.1) is 0 Å². The summed E-state index contributed by atoms with van der Waals surface area (Å²) >= 11 is 0. The lowest BCUT2D eigenvalue weighted by Crippen LogP contribution is -2.39. The molecular weight excluding hydrogens is 508 g/mol. The van der Waals surface area contributed by atoms with Crippen molar-refractivity contribution in [2.75, 3.05) is 37.7 Å². The smallest absolute Gasteiger partial charge is 0.410 e. The molecule has 2 aliphatic heterocycles. The molecule has 0 aromatic carbocycles. The van der Waals surface area contributed by atoms with Crippen molar-refractivity contribution in [3.8, 4) is 0 Å². The number of fused-ring (bicyclic) bond motifs is 1. The third kappa shape index (κ3) is 7.31. The first-order valence-corrected chi connectivity index (χ1v) is 17.2. The van der Waals surface area contributed by atoms with Crippen molar-refractivity contribution in [3.63, 3.8) is 0 Å². The Hall–Kier alpha value is -2.53. The summed E-state index contributed by atoms with van der Waals surface area (Å²) < 4.78 is 41.0. The fourth-order valence-corrected chi connectivity index (χ4v) is 5.30. The van der Waals surface area contributed by atoms with Gasteiger partial charge in [-0.15, -0.1) is 0 Å². The number of nitrogens with zero attached hydrogens (tertiary/aromatic N) is 5. The maximum atomic E-state index is 13.7. The average Bonchev–Trinajstić information content (AvgIpc) is 3.18. The van der Waals surface area contributed by atoms with Gasteiger partial charge in [0, 0.05) is 65.5 Å². The van der Waals surface area contributed by atoms with Crippen molar-refractivity contribution in [2.24, 2.45) is 0 Å². The van der Waals surface area contributed by atoms with Gasteiger partial charge in [-0.1, -0.05) is 25.7 Å². The van der Waals surface area contributed by atoms with Crippen molar-refractivity contribution in [2.45, 2.75) is 84.0 Å². The Kier molecular flexibility index (Phi) is 8.18. The van der Waals surface area contributed by atoms with Gasteiger partial charge < -0.3 is 23.8 Å². The number of aromatic nitrogens is 3. The lowest BCUT2D eigenvalue weighted by atomic mass is 10.0. The number of ether oxygens (including phenoxy) is 2. The summed E-state index contributed by atoms with van der Waals surface area (Å²) in [4.78, 5) is 25.7. The Morgan fingerprint density at radius 1 is 1.16 bits per heavy atom. The number of alkyl halides is 2. The van der Waals surface area contributed by atoms with Crippen molar-refractivity contribution in [1.82, 2.24) is 19.4 Å². The van der Waals surface area contributed by atoms with Gasteiger partial charge in [-0.3, -0.25) is 0 Å². The van der Waals surface area contributed by atoms with E-state index in [4.69, 9.17) is 19.4 Å². The molecule has 0 spiro atoms. The van der Waals surface area contributed by atoms with Crippen LogP contribution in [0.2, 0.25) is 25.7 Å². The fourth-order valence-electron chi connectivity index (χ4n) is 4.54. The van der Waals surface area contributed by atoms with Gasteiger partial charge >= 0.3 is 6.09 Å². The maximum absolute atomic E-state index is 13.7. The minimum atomic E-state index is -2.62. The first-order chi connectivity index (χ1) is 17.7. The van der Waals surface area contributed by atoms with Crippen LogP contribution in [0.15, 0.2) is 18.5 Å². The Labute approximate surface area is 225 Å². The van der Waals surface area contributed by atoms with Gasteiger partial charge in [-0.25, -0.2) is 23.5 Å². The number of carbonyl (C=O) groups excluding carboxylic acids is 1. The molecule has 0 aliphatic carbocycles. The van der Waals surface area contributed by atoms with Gasteiger partial charge in [-0.2, -0.15) is 0 Å². The highest BCUT2D eigenvalue weighted by Crippen LogP contribution is 2.33. The van der Waals surface area contributed by atoms with Crippen LogP contribution in [-0.4, -0.2) is 77.9 Å². The number of carbonyl (C=O) groups is 1. The highest BCUT2D eigenvalue weighted by atomic mass is 28.3. The largest absolute Gasteiger partial charge is 0.444 e. The summed E-state index contributed by atoms with van der Waals surface area (Å²) in [6.07, 6.45) is 5.69. The average molecular weight is 550 g/mol. The molecule has 8 nitrogen and oxygen atoms in total. The van der Waals surface area contributed by atoms with Crippen LogP contribution in [0.25, 0.3) is 16.7 Å². The zero-order chi connectivity index (χ0) is 27.7. The second-order valence-electron chi connectivity index (χ2n) is 12.5. The molecule has 2 aromatic heterocycles. The molecule has 2 aromatic rings. The molecule has 38 heavy (non-hydrogen) atoms. The second-order valence-corrected chi connectivity index (χ2v) is 18.1. The van der Waals surface area contributed by atoms with E-state index in [-0.39, 0.29) is 32.0 Å². The molecular formula is C27H41F2N5O3Si. The van der Waals surface area contributed by atoms with Crippen LogP contribution in [0.5, 0.6) is 0 Å². The van der Waals surface area contributed by atoms with Crippen LogP contribution in [0.3, 0.4) is 0 Å². The molecule has 0 atom stereocenters. The van der Waals surface area contributed by atoms with Crippen molar-refractivity contribution >= 4 is 36.7 Å². The second kappa shape index (κ2) is 10.9. The lowest BCUT2D eigenvalue weighted by Gasteiger charge is -2.32. The summed E-state index contributed by atoms with van der Waals surface area (Å²) in [5.41, 5.74) is 2.90. The highest BCUT2D eigenvalue weighted by molar-refractivity contribution is 6.76. The van der Waals surface area contributed by atoms with E-state index < -0.39 is 19.6 Å². The molecule has 1 saturated heterocycles. The summed E-state index contributed by atoms with van der Waals surface area (Å²) in [7, 11) is -1.21. The molecule has 0 unspecified atom stereocenters. The van der Waals surface area contributed by atoms with Gasteiger partial charge in [0.1, 0.15) is 23.7 Å². The molecule has 1 fully saturated rings. The summed E-state index contributed by atoms with van der Waals surface area (Å²) in [6.45, 7) is 15.0. The Morgan fingerprint density at radius 3 is 2.47 bits per heavy atom. The lowest BCUT2D eigenvalue weighted by molar-refractivity contribution is -0.0221. The minimum Gasteiger partial charge on any atom is -0.444 e. The topological polar surface area (TPSA) is 72.7 Å². The maximum Gasteiger partial charge on any atom is 0.410 e. The monoisotopic (exact) mass is 549 g/mol. The predicted octanol–water partition coefficient (Wildman–Crippen LogP) is 6.00. The number of amides is 1. The molecule has 0 saturated carbocycles. The van der Waals surface area contributed by atoms with Crippen LogP contribution >= 0.6 is 0 Å². The quantitative estimate of drug-likeness (QED) is 0.311. The summed E-state index contributed by atoms with van der Waals surface area (Å²) in [5.74, 6) is -2.01. The van der Waals surface area contributed by atoms with Crippen LogP contribution in [0.1, 0.15) is 45.6 Å². The molecule has 0 N–H and O–H groups in total. The first-order valence-electron chi connectivity index (χ1n) is 13.4. The van der Waals surface area contributed by atoms with Crippen LogP contribution in [-0.2, 0) is 16.2 Å². The van der Waals surface area contributed by atoms with Gasteiger partial charge in [-0.05, 0) is 38.8 Å². The van der Waals surface area contributed by atoms with E-state index in [1.807, 2.05) is 42.5 Å². The predicted molar refractivity (Wildman–Crippen MR) is 148 cm³/mol. The van der Waals surface area contributed by atoms with Gasteiger partial charge in [0.15, 0.2) is 5.65 Å². The molecule has 1 amide bonds. The molecule has 210 valence electrons. The van der Waals surface area contributed by atoms with Crippen molar-refractivity contribution in [3.05, 3.63) is 24.0 Å². The molecule has 0 bridgehead atoms. The molecule has 4 heterocycles. The zero-order valence-corrected chi connectivity index (χ0v) is 24.5. The Bertz CT molecular complexity index is 1180. The highest BCUT2D eigenvalue weighted by Gasteiger charge is 2.35. The van der Waals surface area contributed by atoms with Gasteiger partial charge in [0.2, 0.25) is 0 Å². The van der Waals surface area contributed by atoms with E-state index in [2.05, 4.69) is 19.6 Å². The van der Waals surface area contributed by atoms with Crippen molar-refractivity contribution < 1.29 is 23.0 Å². The van der Waals surface area contributed by atoms with Crippen LogP contribution in [0.4, 0.5) is 19.4 Å². The normalized spacial score (nSPS) is 18.6. The number of hydrogen-bond donors (Lipinski definition) is 0. The Morgan fingerprint density at radius 2 is 1.87 bits per heavy atom. The molecule has 4 rings (SSSR count). The van der Waals surface area contributed by atoms with Crippen LogP contribution < -0.4 is 4.90 Å². The molecule has 11 heteroatoms. The fraction of sp³-hybridized carbons (Fsp3) is 0.667. The van der Waals surface area contributed by atoms with E-state index in [9.17, 15) is 13.6 Å². The van der Waals surface area contributed by atoms with E-state index in [0.29, 0.717) is 44.3 Å². The third-order valence-corrected chi connectivity index (χ3v) is 8.51. The first kappa shape index (κ1) is 28.5. The molecule has 0 radical (unpaired) electrons. The summed E-state index contributed by atoms with van der Waals surface area (Å²) in [6, 6.07) is 1.07.